The lowest BCUT2D eigenvalue weighted by molar-refractivity contribution is -0.113. The molecular weight excluding hydrogens is 372 g/mol. The van der Waals surface area contributed by atoms with E-state index >= 15 is 0 Å². The highest BCUT2D eigenvalue weighted by Gasteiger charge is 2.13. The number of thiophene rings is 1. The number of carbonyl (C=O) groups is 2. The number of carbonyl (C=O) groups excluding carboxylic acids is 2. The number of aromatic nitrogens is 2. The lowest BCUT2D eigenvalue weighted by Gasteiger charge is -2.11. The van der Waals surface area contributed by atoms with Gasteiger partial charge < -0.3 is 14.6 Å². The summed E-state index contributed by atoms with van der Waals surface area (Å²) in [4.78, 5) is 26.5. The van der Waals surface area contributed by atoms with Gasteiger partial charge in [0.05, 0.1) is 10.6 Å². The van der Waals surface area contributed by atoms with Crippen molar-refractivity contribution in [1.82, 2.24) is 15.1 Å². The standard InChI is InChI=1S/C17H16N4O3S2/c1-21(2)16(23)11-5-3-6-12(9-11)18-14(22)10-26-17-20-19-15(24-17)13-7-4-8-25-13/h3-9H,10H2,1-2H3,(H,18,22). The number of hydrogen-bond acceptors (Lipinski definition) is 7. The molecule has 2 heterocycles. The number of anilines is 1. The molecule has 1 aromatic carbocycles. The van der Waals surface area contributed by atoms with Crippen LogP contribution < -0.4 is 5.32 Å². The van der Waals surface area contributed by atoms with Gasteiger partial charge in [-0.25, -0.2) is 0 Å². The van der Waals surface area contributed by atoms with Crippen molar-refractivity contribution in [3.05, 3.63) is 47.3 Å². The smallest absolute Gasteiger partial charge is 0.277 e. The Kier molecular flexibility index (Phi) is 5.69. The molecule has 0 spiro atoms. The van der Waals surface area contributed by atoms with Gasteiger partial charge in [-0.3, -0.25) is 9.59 Å². The molecule has 9 heteroatoms. The van der Waals surface area contributed by atoms with Gasteiger partial charge in [0.2, 0.25) is 5.91 Å². The topological polar surface area (TPSA) is 88.3 Å². The van der Waals surface area contributed by atoms with E-state index in [1.54, 1.807) is 38.4 Å². The highest BCUT2D eigenvalue weighted by Crippen LogP contribution is 2.26. The number of hydrogen-bond donors (Lipinski definition) is 1. The maximum atomic E-state index is 12.1. The summed E-state index contributed by atoms with van der Waals surface area (Å²) in [7, 11) is 3.36. The van der Waals surface area contributed by atoms with Gasteiger partial charge in [0.15, 0.2) is 0 Å². The number of nitrogens with one attached hydrogen (secondary N) is 1. The fraction of sp³-hybridized carbons (Fsp3) is 0.176. The monoisotopic (exact) mass is 388 g/mol. The number of rotatable bonds is 6. The van der Waals surface area contributed by atoms with Crippen molar-refractivity contribution in [3.8, 4) is 10.8 Å². The van der Waals surface area contributed by atoms with E-state index in [0.29, 0.717) is 22.4 Å². The molecule has 0 radical (unpaired) electrons. The molecule has 0 unspecified atom stereocenters. The van der Waals surface area contributed by atoms with Crippen molar-refractivity contribution in [2.75, 3.05) is 25.2 Å². The predicted molar refractivity (Wildman–Crippen MR) is 101 cm³/mol. The number of nitrogens with zero attached hydrogens (tertiary/aromatic N) is 3. The number of thioether (sulfide) groups is 1. The van der Waals surface area contributed by atoms with Gasteiger partial charge in [-0.15, -0.1) is 21.5 Å². The van der Waals surface area contributed by atoms with Gasteiger partial charge in [0, 0.05) is 25.3 Å². The van der Waals surface area contributed by atoms with Crippen molar-refractivity contribution in [3.63, 3.8) is 0 Å². The van der Waals surface area contributed by atoms with Crippen molar-refractivity contribution in [2.24, 2.45) is 0 Å². The Morgan fingerprint density at radius 1 is 1.23 bits per heavy atom. The van der Waals surface area contributed by atoms with E-state index in [9.17, 15) is 9.59 Å². The molecule has 0 fully saturated rings. The van der Waals surface area contributed by atoms with Gasteiger partial charge >= 0.3 is 0 Å². The quantitative estimate of drug-likeness (QED) is 0.652. The van der Waals surface area contributed by atoms with Crippen LogP contribution in [0.15, 0.2) is 51.4 Å². The largest absolute Gasteiger partial charge is 0.410 e. The normalized spacial score (nSPS) is 10.5. The second-order valence-electron chi connectivity index (χ2n) is 5.47. The molecule has 0 bridgehead atoms. The number of amides is 2. The first-order chi connectivity index (χ1) is 12.5. The molecule has 0 atom stereocenters. The lowest BCUT2D eigenvalue weighted by atomic mass is 10.2. The zero-order valence-electron chi connectivity index (χ0n) is 14.1. The molecule has 7 nitrogen and oxygen atoms in total. The zero-order valence-corrected chi connectivity index (χ0v) is 15.8. The van der Waals surface area contributed by atoms with Crippen LogP contribution >= 0.6 is 23.1 Å². The van der Waals surface area contributed by atoms with Crippen LogP contribution in [0.25, 0.3) is 10.8 Å². The first-order valence-corrected chi connectivity index (χ1v) is 9.51. The van der Waals surface area contributed by atoms with Gasteiger partial charge in [-0.1, -0.05) is 23.9 Å². The summed E-state index contributed by atoms with van der Waals surface area (Å²) < 4.78 is 5.53. The van der Waals surface area contributed by atoms with Crippen LogP contribution in [0, 0.1) is 0 Å². The van der Waals surface area contributed by atoms with Crippen molar-refractivity contribution in [2.45, 2.75) is 5.22 Å². The van der Waals surface area contributed by atoms with Crippen LogP contribution in [0.3, 0.4) is 0 Å². The molecule has 3 rings (SSSR count). The summed E-state index contributed by atoms with van der Waals surface area (Å²) in [5, 5.41) is 12.9. The van der Waals surface area contributed by atoms with Crippen LogP contribution in [0.5, 0.6) is 0 Å². The van der Waals surface area contributed by atoms with E-state index in [1.807, 2.05) is 17.5 Å². The third kappa shape index (κ3) is 4.50. The molecule has 3 aromatic rings. The molecule has 0 aliphatic rings. The summed E-state index contributed by atoms with van der Waals surface area (Å²) in [5.74, 6) is 0.221. The van der Waals surface area contributed by atoms with Crippen molar-refractivity contribution >= 4 is 40.6 Å². The Bertz CT molecular complexity index is 906. The highest BCUT2D eigenvalue weighted by molar-refractivity contribution is 7.99. The van der Waals surface area contributed by atoms with E-state index in [-0.39, 0.29) is 17.6 Å². The zero-order chi connectivity index (χ0) is 18.5. The molecule has 134 valence electrons. The lowest BCUT2D eigenvalue weighted by Crippen LogP contribution is -2.22. The van der Waals surface area contributed by atoms with E-state index in [4.69, 9.17) is 4.42 Å². The molecule has 2 aromatic heterocycles. The Morgan fingerprint density at radius 2 is 2.08 bits per heavy atom. The van der Waals surface area contributed by atoms with Gasteiger partial charge in [0.25, 0.3) is 17.0 Å². The second kappa shape index (κ2) is 8.15. The number of benzene rings is 1. The Morgan fingerprint density at radius 3 is 2.81 bits per heavy atom. The van der Waals surface area contributed by atoms with Crippen LogP contribution in [0.1, 0.15) is 10.4 Å². The molecular formula is C17H16N4O3S2. The summed E-state index contributed by atoms with van der Waals surface area (Å²) in [5.41, 5.74) is 1.08. The summed E-state index contributed by atoms with van der Waals surface area (Å²) in [6.45, 7) is 0. The summed E-state index contributed by atoms with van der Waals surface area (Å²) in [6.07, 6.45) is 0. The molecule has 2 amide bonds. The molecule has 26 heavy (non-hydrogen) atoms. The van der Waals surface area contributed by atoms with Crippen LogP contribution in [-0.4, -0.2) is 46.8 Å². The minimum Gasteiger partial charge on any atom is -0.410 e. The maximum Gasteiger partial charge on any atom is 0.277 e. The second-order valence-corrected chi connectivity index (χ2v) is 7.34. The van der Waals surface area contributed by atoms with Gasteiger partial charge in [-0.05, 0) is 29.6 Å². The molecule has 1 N–H and O–H groups in total. The average molecular weight is 388 g/mol. The first-order valence-electron chi connectivity index (χ1n) is 7.64. The molecule has 0 aliphatic heterocycles. The predicted octanol–water partition coefficient (Wildman–Crippen LogP) is 3.23. The van der Waals surface area contributed by atoms with Crippen molar-refractivity contribution in [1.29, 1.82) is 0 Å². The van der Waals surface area contributed by atoms with Crippen molar-refractivity contribution < 1.29 is 14.0 Å². The average Bonchev–Trinajstić information content (AvgIpc) is 3.30. The highest BCUT2D eigenvalue weighted by atomic mass is 32.2. The minimum absolute atomic E-state index is 0.123. The Hall–Kier alpha value is -2.65. The molecule has 0 saturated heterocycles. The third-order valence-corrected chi connectivity index (χ3v) is 4.94. The van der Waals surface area contributed by atoms with Gasteiger partial charge in [-0.2, -0.15) is 0 Å². The molecule has 0 aliphatic carbocycles. The maximum absolute atomic E-state index is 12.1. The van der Waals surface area contributed by atoms with Crippen LogP contribution in [0.4, 0.5) is 5.69 Å². The minimum atomic E-state index is -0.222. The Balaban J connectivity index is 1.56. The SMILES string of the molecule is CN(C)C(=O)c1cccc(NC(=O)CSc2nnc(-c3cccs3)o2)c1. The van der Waals surface area contributed by atoms with Crippen LogP contribution in [-0.2, 0) is 4.79 Å². The van der Waals surface area contributed by atoms with E-state index in [1.165, 1.54) is 16.2 Å². The van der Waals surface area contributed by atoms with Gasteiger partial charge in [0.1, 0.15) is 0 Å². The third-order valence-electron chi connectivity index (χ3n) is 3.26. The fourth-order valence-electron chi connectivity index (χ4n) is 2.08. The van der Waals surface area contributed by atoms with E-state index in [2.05, 4.69) is 15.5 Å². The molecule has 0 saturated carbocycles. The van der Waals surface area contributed by atoms with E-state index in [0.717, 1.165) is 16.6 Å². The summed E-state index contributed by atoms with van der Waals surface area (Å²) in [6, 6.07) is 10.6. The summed E-state index contributed by atoms with van der Waals surface area (Å²) >= 11 is 2.66. The van der Waals surface area contributed by atoms with Crippen LogP contribution in [0.2, 0.25) is 0 Å². The fourth-order valence-corrected chi connectivity index (χ4v) is 3.29. The van der Waals surface area contributed by atoms with E-state index < -0.39 is 0 Å². The first kappa shape index (κ1) is 18.2. The Labute approximate surface area is 158 Å².